The summed E-state index contributed by atoms with van der Waals surface area (Å²) in [4.78, 5) is 10.8. The molecule has 0 radical (unpaired) electrons. The summed E-state index contributed by atoms with van der Waals surface area (Å²) in [7, 11) is 0. The summed E-state index contributed by atoms with van der Waals surface area (Å²) in [5.74, 6) is 0.339. The number of carboxylic acid groups (broad SMARTS) is 1. The molecule has 0 bridgehead atoms. The molecule has 0 amide bonds. The zero-order valence-corrected chi connectivity index (χ0v) is 12.4. The van der Waals surface area contributed by atoms with Crippen LogP contribution in [0.15, 0.2) is 42.5 Å². The van der Waals surface area contributed by atoms with Gasteiger partial charge in [-0.3, -0.25) is 0 Å². The van der Waals surface area contributed by atoms with Gasteiger partial charge < -0.3 is 9.84 Å². The Labute approximate surface area is 124 Å². The van der Waals surface area contributed by atoms with E-state index in [9.17, 15) is 4.79 Å². The largest absolute Gasteiger partial charge is 0.493 e. The minimum Gasteiger partial charge on any atom is -0.493 e. The lowest BCUT2D eigenvalue weighted by atomic mass is 10.0. The van der Waals surface area contributed by atoms with E-state index in [1.807, 2.05) is 36.4 Å². The number of benzene rings is 2. The Kier molecular flexibility index (Phi) is 4.99. The molecule has 110 valence electrons. The lowest BCUT2D eigenvalue weighted by Gasteiger charge is -2.13. The lowest BCUT2D eigenvalue weighted by molar-refractivity contribution is -0.131. The molecule has 0 heterocycles. The van der Waals surface area contributed by atoms with Crippen molar-refractivity contribution in [3.05, 3.63) is 48.0 Å². The van der Waals surface area contributed by atoms with Gasteiger partial charge in [-0.05, 0) is 35.3 Å². The first kappa shape index (κ1) is 15.1. The Bertz CT molecular complexity index is 657. The van der Waals surface area contributed by atoms with Crippen molar-refractivity contribution >= 4 is 22.8 Å². The molecular formula is C18H20O3. The maximum atomic E-state index is 10.8. The van der Waals surface area contributed by atoms with Gasteiger partial charge in [0.1, 0.15) is 5.75 Å². The van der Waals surface area contributed by atoms with Gasteiger partial charge in [-0.15, -0.1) is 0 Å². The van der Waals surface area contributed by atoms with E-state index in [2.05, 4.69) is 13.8 Å². The second-order valence-electron chi connectivity index (χ2n) is 5.40. The van der Waals surface area contributed by atoms with Gasteiger partial charge in [0.05, 0.1) is 6.61 Å². The summed E-state index contributed by atoms with van der Waals surface area (Å²) < 4.78 is 5.84. The van der Waals surface area contributed by atoms with E-state index < -0.39 is 5.97 Å². The molecule has 0 fully saturated rings. The van der Waals surface area contributed by atoms with Crippen LogP contribution in [0.2, 0.25) is 0 Å². The van der Waals surface area contributed by atoms with Crippen molar-refractivity contribution in [1.29, 1.82) is 0 Å². The van der Waals surface area contributed by atoms with Crippen LogP contribution in [0.5, 0.6) is 5.75 Å². The van der Waals surface area contributed by atoms with Gasteiger partial charge in [0.25, 0.3) is 0 Å². The molecule has 0 aliphatic rings. The number of carbonyl (C=O) groups is 1. The van der Waals surface area contributed by atoms with Gasteiger partial charge in [0.2, 0.25) is 0 Å². The summed E-state index contributed by atoms with van der Waals surface area (Å²) in [6.45, 7) is 4.92. The van der Waals surface area contributed by atoms with Crippen LogP contribution in [0.1, 0.15) is 25.8 Å². The van der Waals surface area contributed by atoms with Gasteiger partial charge in [-0.25, -0.2) is 4.79 Å². The summed E-state index contributed by atoms with van der Waals surface area (Å²) in [6, 6.07) is 11.8. The third-order valence-corrected chi connectivity index (χ3v) is 3.28. The van der Waals surface area contributed by atoms with E-state index in [-0.39, 0.29) is 0 Å². The average Bonchev–Trinajstić information content (AvgIpc) is 2.45. The number of ether oxygens (including phenoxy) is 1. The van der Waals surface area contributed by atoms with Crippen molar-refractivity contribution in [3.63, 3.8) is 0 Å². The van der Waals surface area contributed by atoms with Crippen LogP contribution in [-0.4, -0.2) is 17.7 Å². The smallest absolute Gasteiger partial charge is 0.328 e. The quantitative estimate of drug-likeness (QED) is 0.801. The molecule has 2 aromatic carbocycles. The van der Waals surface area contributed by atoms with E-state index in [4.69, 9.17) is 9.84 Å². The third-order valence-electron chi connectivity index (χ3n) is 3.28. The highest BCUT2D eigenvalue weighted by molar-refractivity contribution is 5.96. The van der Waals surface area contributed by atoms with Crippen LogP contribution < -0.4 is 4.74 Å². The fourth-order valence-corrected chi connectivity index (χ4v) is 2.13. The van der Waals surface area contributed by atoms with Crippen LogP contribution >= 0.6 is 0 Å². The first-order chi connectivity index (χ1) is 10.1. The van der Waals surface area contributed by atoms with Gasteiger partial charge in [-0.1, -0.05) is 44.2 Å². The van der Waals surface area contributed by atoms with Gasteiger partial charge >= 0.3 is 5.97 Å². The average molecular weight is 284 g/mol. The SMILES string of the molecule is CC(C)CCOc1ccc2ccccc2c1/C=C/C(=O)O. The molecule has 2 aromatic rings. The Morgan fingerprint density at radius 3 is 2.71 bits per heavy atom. The predicted molar refractivity (Wildman–Crippen MR) is 85.6 cm³/mol. The van der Waals surface area contributed by atoms with E-state index in [1.165, 1.54) is 0 Å². The number of hydrogen-bond acceptors (Lipinski definition) is 2. The van der Waals surface area contributed by atoms with Crippen molar-refractivity contribution in [2.45, 2.75) is 20.3 Å². The molecule has 0 aliphatic carbocycles. The van der Waals surface area contributed by atoms with Crippen molar-refractivity contribution in [2.75, 3.05) is 6.61 Å². The Balaban J connectivity index is 2.38. The number of rotatable bonds is 6. The number of aliphatic carboxylic acids is 1. The maximum Gasteiger partial charge on any atom is 0.328 e. The highest BCUT2D eigenvalue weighted by Crippen LogP contribution is 2.29. The normalized spacial score (nSPS) is 11.4. The maximum absolute atomic E-state index is 10.8. The summed E-state index contributed by atoms with van der Waals surface area (Å²) in [5.41, 5.74) is 0.819. The van der Waals surface area contributed by atoms with Gasteiger partial charge in [-0.2, -0.15) is 0 Å². The molecule has 0 aromatic heterocycles. The van der Waals surface area contributed by atoms with E-state index >= 15 is 0 Å². The Hall–Kier alpha value is -2.29. The van der Waals surface area contributed by atoms with E-state index in [0.29, 0.717) is 12.5 Å². The van der Waals surface area contributed by atoms with Crippen molar-refractivity contribution < 1.29 is 14.6 Å². The number of carboxylic acids is 1. The topological polar surface area (TPSA) is 46.5 Å². The molecule has 21 heavy (non-hydrogen) atoms. The molecule has 1 N–H and O–H groups in total. The Morgan fingerprint density at radius 1 is 1.24 bits per heavy atom. The molecule has 0 atom stereocenters. The fraction of sp³-hybridized carbons (Fsp3) is 0.278. The minimum atomic E-state index is -0.962. The van der Waals surface area contributed by atoms with Crippen molar-refractivity contribution in [1.82, 2.24) is 0 Å². The molecule has 0 spiro atoms. The number of fused-ring (bicyclic) bond motifs is 1. The molecule has 3 nitrogen and oxygen atoms in total. The highest BCUT2D eigenvalue weighted by Gasteiger charge is 2.07. The minimum absolute atomic E-state index is 0.573. The van der Waals surface area contributed by atoms with Crippen LogP contribution in [-0.2, 0) is 4.79 Å². The predicted octanol–water partition coefficient (Wildman–Crippen LogP) is 4.36. The molecule has 0 aliphatic heterocycles. The molecule has 3 heteroatoms. The van der Waals surface area contributed by atoms with Gasteiger partial charge in [0.15, 0.2) is 0 Å². The first-order valence-corrected chi connectivity index (χ1v) is 7.13. The van der Waals surface area contributed by atoms with Crippen LogP contribution in [0, 0.1) is 5.92 Å². The molecule has 0 saturated heterocycles. The zero-order chi connectivity index (χ0) is 15.2. The second-order valence-corrected chi connectivity index (χ2v) is 5.40. The van der Waals surface area contributed by atoms with Crippen LogP contribution in [0.3, 0.4) is 0 Å². The zero-order valence-electron chi connectivity index (χ0n) is 12.4. The highest BCUT2D eigenvalue weighted by atomic mass is 16.5. The summed E-state index contributed by atoms with van der Waals surface area (Å²) >= 11 is 0. The lowest BCUT2D eigenvalue weighted by Crippen LogP contribution is -2.02. The van der Waals surface area contributed by atoms with Crippen molar-refractivity contribution in [2.24, 2.45) is 5.92 Å². The molecule has 0 unspecified atom stereocenters. The molecular weight excluding hydrogens is 264 g/mol. The van der Waals surface area contributed by atoms with Crippen LogP contribution in [0.4, 0.5) is 0 Å². The Morgan fingerprint density at radius 2 is 2.00 bits per heavy atom. The van der Waals surface area contributed by atoms with Crippen molar-refractivity contribution in [3.8, 4) is 5.75 Å². The standard InChI is InChI=1S/C18H20O3/c1-13(2)11-12-21-17-9-7-14-5-3-4-6-15(14)16(17)8-10-18(19)20/h3-10,13H,11-12H2,1-2H3,(H,19,20)/b10-8+. The third kappa shape index (κ3) is 4.09. The first-order valence-electron chi connectivity index (χ1n) is 7.13. The fourth-order valence-electron chi connectivity index (χ4n) is 2.13. The molecule has 0 saturated carbocycles. The van der Waals surface area contributed by atoms with E-state index in [1.54, 1.807) is 6.08 Å². The summed E-state index contributed by atoms with van der Waals surface area (Å²) in [5, 5.41) is 10.9. The second kappa shape index (κ2) is 6.93. The van der Waals surface area contributed by atoms with Gasteiger partial charge in [0, 0.05) is 11.6 Å². The summed E-state index contributed by atoms with van der Waals surface area (Å²) in [6.07, 6.45) is 3.72. The molecule has 2 rings (SSSR count). The monoisotopic (exact) mass is 284 g/mol. The van der Waals surface area contributed by atoms with E-state index in [0.717, 1.165) is 34.6 Å². The number of hydrogen-bond donors (Lipinski definition) is 1. The van der Waals surface area contributed by atoms with Crippen LogP contribution in [0.25, 0.3) is 16.8 Å².